The monoisotopic (exact) mass is 477 g/mol. The summed E-state index contributed by atoms with van der Waals surface area (Å²) in [5.41, 5.74) is 1.33. The minimum absolute atomic E-state index is 0.409. The summed E-state index contributed by atoms with van der Waals surface area (Å²) in [5, 5.41) is 0. The fraction of sp³-hybridized carbons (Fsp3) is 1.00. The van der Waals surface area contributed by atoms with Crippen LogP contribution in [0.4, 0.5) is 0 Å². The van der Waals surface area contributed by atoms with Crippen LogP contribution in [0.2, 0.25) is 0 Å². The molecule has 0 aromatic heterocycles. The van der Waals surface area contributed by atoms with E-state index in [0.717, 1.165) is 35.5 Å². The van der Waals surface area contributed by atoms with E-state index in [1.807, 2.05) is 0 Å². The first-order valence-corrected chi connectivity index (χ1v) is 15.8. The summed E-state index contributed by atoms with van der Waals surface area (Å²) in [6.45, 7) is 30.5. The zero-order valence-corrected chi connectivity index (χ0v) is 26.2. The van der Waals surface area contributed by atoms with E-state index in [1.54, 1.807) is 0 Å². The quantitative estimate of drug-likeness (QED) is 0.208. The molecule has 0 N–H and O–H groups in total. The highest BCUT2D eigenvalue weighted by atomic mass is 14.5. The van der Waals surface area contributed by atoms with E-state index < -0.39 is 0 Å². The molecule has 0 radical (unpaired) electrons. The summed E-state index contributed by atoms with van der Waals surface area (Å²) in [5.74, 6) is 5.05. The SMILES string of the molecule is CCCC(C)(CCC(C)(CC)C(C)(CC)C(CC(C)C(C)C)C(C)C1CCCCC1)CC(C)C. The predicted octanol–water partition coefficient (Wildman–Crippen LogP) is 12.0. The number of hydrogen-bond donors (Lipinski definition) is 0. The van der Waals surface area contributed by atoms with Crippen molar-refractivity contribution in [3.8, 4) is 0 Å². The van der Waals surface area contributed by atoms with Crippen molar-refractivity contribution in [3.63, 3.8) is 0 Å². The third-order valence-corrected chi connectivity index (χ3v) is 11.5. The van der Waals surface area contributed by atoms with Crippen LogP contribution in [-0.4, -0.2) is 0 Å². The molecule has 0 amide bonds. The Morgan fingerprint density at radius 3 is 1.76 bits per heavy atom. The molecule has 1 fully saturated rings. The molecule has 0 heterocycles. The maximum absolute atomic E-state index is 2.74. The van der Waals surface area contributed by atoms with Crippen molar-refractivity contribution in [2.75, 3.05) is 0 Å². The molecular formula is C34H68. The van der Waals surface area contributed by atoms with Gasteiger partial charge in [0.2, 0.25) is 0 Å². The third-order valence-electron chi connectivity index (χ3n) is 11.5. The van der Waals surface area contributed by atoms with Crippen LogP contribution in [0.1, 0.15) is 167 Å². The lowest BCUT2D eigenvalue weighted by Gasteiger charge is -2.56. The smallest absolute Gasteiger partial charge is 0.0244 e. The van der Waals surface area contributed by atoms with Gasteiger partial charge in [-0.15, -0.1) is 0 Å². The normalized spacial score (nSPS) is 23.8. The molecule has 0 aliphatic heterocycles. The summed E-state index contributed by atoms with van der Waals surface area (Å²) in [6.07, 6.45) is 18.4. The van der Waals surface area contributed by atoms with Crippen molar-refractivity contribution in [2.24, 2.45) is 51.8 Å². The highest BCUT2D eigenvalue weighted by Crippen LogP contribution is 2.59. The van der Waals surface area contributed by atoms with E-state index in [1.165, 1.54) is 83.5 Å². The maximum atomic E-state index is 2.74. The molecule has 0 bridgehead atoms. The van der Waals surface area contributed by atoms with Gasteiger partial charge in [0.05, 0.1) is 0 Å². The average molecular weight is 477 g/mol. The highest BCUT2D eigenvalue weighted by molar-refractivity contribution is 4.99. The van der Waals surface area contributed by atoms with Gasteiger partial charge >= 0.3 is 0 Å². The van der Waals surface area contributed by atoms with Crippen molar-refractivity contribution in [1.29, 1.82) is 0 Å². The Hall–Kier alpha value is 0. The Morgan fingerprint density at radius 2 is 1.32 bits per heavy atom. The van der Waals surface area contributed by atoms with Crippen LogP contribution >= 0.6 is 0 Å². The number of hydrogen-bond acceptors (Lipinski definition) is 0. The largest absolute Gasteiger partial charge is 0.0654 e. The van der Waals surface area contributed by atoms with Gasteiger partial charge in [0.25, 0.3) is 0 Å². The predicted molar refractivity (Wildman–Crippen MR) is 156 cm³/mol. The molecule has 0 heteroatoms. The summed E-state index contributed by atoms with van der Waals surface area (Å²) in [6, 6.07) is 0. The van der Waals surface area contributed by atoms with Crippen LogP contribution in [-0.2, 0) is 0 Å². The number of rotatable bonds is 16. The van der Waals surface area contributed by atoms with E-state index in [2.05, 4.69) is 83.1 Å². The third kappa shape index (κ3) is 8.26. The minimum Gasteiger partial charge on any atom is -0.0654 e. The molecule has 34 heavy (non-hydrogen) atoms. The molecule has 1 saturated carbocycles. The molecule has 0 spiro atoms. The Morgan fingerprint density at radius 1 is 0.735 bits per heavy atom. The molecule has 1 aliphatic carbocycles. The van der Waals surface area contributed by atoms with Crippen LogP contribution in [0.25, 0.3) is 0 Å². The zero-order chi connectivity index (χ0) is 26.2. The maximum Gasteiger partial charge on any atom is -0.0244 e. The van der Waals surface area contributed by atoms with Crippen molar-refractivity contribution in [1.82, 2.24) is 0 Å². The Kier molecular flexibility index (Phi) is 13.3. The highest BCUT2D eigenvalue weighted by Gasteiger charge is 2.50. The zero-order valence-electron chi connectivity index (χ0n) is 26.2. The van der Waals surface area contributed by atoms with Gasteiger partial charge in [-0.2, -0.15) is 0 Å². The Balaban J connectivity index is 3.33. The van der Waals surface area contributed by atoms with Crippen molar-refractivity contribution >= 4 is 0 Å². The molecule has 0 aromatic rings. The fourth-order valence-corrected chi connectivity index (χ4v) is 8.21. The van der Waals surface area contributed by atoms with E-state index in [4.69, 9.17) is 0 Å². The first kappa shape index (κ1) is 32.0. The average Bonchev–Trinajstić information content (AvgIpc) is 2.80. The van der Waals surface area contributed by atoms with Gasteiger partial charge in [0.15, 0.2) is 0 Å². The Bertz CT molecular complexity index is 540. The molecule has 1 rings (SSSR count). The molecule has 204 valence electrons. The van der Waals surface area contributed by atoms with Gasteiger partial charge in [-0.05, 0) is 90.3 Å². The van der Waals surface area contributed by atoms with Gasteiger partial charge in [0, 0.05) is 0 Å². The Labute approximate surface area is 218 Å². The lowest BCUT2D eigenvalue weighted by atomic mass is 9.49. The van der Waals surface area contributed by atoms with Gasteiger partial charge in [0.1, 0.15) is 0 Å². The molecule has 0 nitrogen and oxygen atoms in total. The summed E-state index contributed by atoms with van der Waals surface area (Å²) in [7, 11) is 0. The van der Waals surface area contributed by atoms with Gasteiger partial charge in [-0.25, -0.2) is 0 Å². The van der Waals surface area contributed by atoms with Crippen LogP contribution in [0.3, 0.4) is 0 Å². The fourth-order valence-electron chi connectivity index (χ4n) is 8.21. The first-order valence-electron chi connectivity index (χ1n) is 15.8. The summed E-state index contributed by atoms with van der Waals surface area (Å²) in [4.78, 5) is 0. The first-order chi connectivity index (χ1) is 15.8. The van der Waals surface area contributed by atoms with Crippen LogP contribution < -0.4 is 0 Å². The lowest BCUT2D eigenvalue weighted by Crippen LogP contribution is -2.48. The second kappa shape index (κ2) is 14.1. The van der Waals surface area contributed by atoms with Crippen LogP contribution in [0.15, 0.2) is 0 Å². The summed E-state index contributed by atoms with van der Waals surface area (Å²) < 4.78 is 0. The van der Waals surface area contributed by atoms with Gasteiger partial charge < -0.3 is 0 Å². The standard InChI is InChI=1S/C34H68/c1-13-21-32(10,25-26(4)5)22-23-33(11,14-2)34(12,15-3)31(24-28(8)27(6)7)29(9)30-19-17-16-18-20-30/h26-31H,13-25H2,1-12H3. The second-order valence-corrected chi connectivity index (χ2v) is 14.7. The van der Waals surface area contributed by atoms with Gasteiger partial charge in [-0.1, -0.05) is 128 Å². The molecular weight excluding hydrogens is 408 g/mol. The molecule has 0 aromatic carbocycles. The lowest BCUT2D eigenvalue weighted by molar-refractivity contribution is -0.0647. The molecule has 6 atom stereocenters. The van der Waals surface area contributed by atoms with Gasteiger partial charge in [-0.3, -0.25) is 0 Å². The molecule has 6 unspecified atom stereocenters. The topological polar surface area (TPSA) is 0 Å². The summed E-state index contributed by atoms with van der Waals surface area (Å²) >= 11 is 0. The van der Waals surface area contributed by atoms with Crippen molar-refractivity contribution in [3.05, 3.63) is 0 Å². The van der Waals surface area contributed by atoms with E-state index in [-0.39, 0.29) is 0 Å². The second-order valence-electron chi connectivity index (χ2n) is 14.7. The van der Waals surface area contributed by atoms with Crippen LogP contribution in [0, 0.1) is 51.8 Å². The van der Waals surface area contributed by atoms with Crippen molar-refractivity contribution in [2.45, 2.75) is 167 Å². The van der Waals surface area contributed by atoms with E-state index in [9.17, 15) is 0 Å². The molecule has 1 aliphatic rings. The van der Waals surface area contributed by atoms with E-state index >= 15 is 0 Å². The minimum atomic E-state index is 0.409. The molecule has 0 saturated heterocycles. The van der Waals surface area contributed by atoms with E-state index in [0.29, 0.717) is 16.2 Å². The van der Waals surface area contributed by atoms with Crippen LogP contribution in [0.5, 0.6) is 0 Å². The van der Waals surface area contributed by atoms with Crippen molar-refractivity contribution < 1.29 is 0 Å².